The molecule has 2 rings (SSSR count). The van der Waals surface area contributed by atoms with Gasteiger partial charge in [0.25, 0.3) is 5.91 Å². The number of methoxy groups -OCH3 is 1. The highest BCUT2D eigenvalue weighted by atomic mass is 79.9. The van der Waals surface area contributed by atoms with Crippen LogP contribution in [0.25, 0.3) is 0 Å². The van der Waals surface area contributed by atoms with Crippen LogP contribution >= 0.6 is 43.5 Å². The second kappa shape index (κ2) is 6.68. The summed E-state index contributed by atoms with van der Waals surface area (Å²) in [6, 6.07) is 8.40. The van der Waals surface area contributed by atoms with Crippen LogP contribution in [0.2, 0.25) is 5.02 Å². The minimum atomic E-state index is -0.347. The number of carbonyl (C=O) groups is 1. The summed E-state index contributed by atoms with van der Waals surface area (Å²) in [7, 11) is 1.55. The fraction of sp³-hybridized carbons (Fsp3) is 0.0714. The Kier molecular flexibility index (Phi) is 5.13. The second-order valence-electron chi connectivity index (χ2n) is 4.12. The van der Waals surface area contributed by atoms with Crippen molar-refractivity contribution in [2.45, 2.75) is 0 Å². The quantitative estimate of drug-likeness (QED) is 0.688. The Morgan fingerprint density at radius 3 is 2.67 bits per heavy atom. The van der Waals surface area contributed by atoms with Crippen LogP contribution in [0.1, 0.15) is 10.4 Å². The van der Waals surface area contributed by atoms with E-state index in [-0.39, 0.29) is 11.6 Å². The highest BCUT2D eigenvalue weighted by molar-refractivity contribution is 9.11. The van der Waals surface area contributed by atoms with Crippen molar-refractivity contribution in [1.82, 2.24) is 0 Å². The van der Waals surface area contributed by atoms with E-state index in [9.17, 15) is 4.79 Å². The Morgan fingerprint density at radius 2 is 2.00 bits per heavy atom. The highest BCUT2D eigenvalue weighted by Crippen LogP contribution is 2.35. The van der Waals surface area contributed by atoms with Crippen LogP contribution in [0.4, 0.5) is 11.4 Å². The third kappa shape index (κ3) is 3.51. The van der Waals surface area contributed by atoms with Crippen LogP contribution in [0.3, 0.4) is 0 Å². The molecular formula is C14H11Br2ClN2O2. The van der Waals surface area contributed by atoms with Gasteiger partial charge in [0.2, 0.25) is 0 Å². The molecule has 7 heteroatoms. The summed E-state index contributed by atoms with van der Waals surface area (Å²) >= 11 is 12.7. The average Bonchev–Trinajstić information content (AvgIpc) is 2.44. The van der Waals surface area contributed by atoms with Crippen molar-refractivity contribution in [3.05, 3.63) is 49.9 Å². The molecule has 0 spiro atoms. The van der Waals surface area contributed by atoms with Crippen LogP contribution < -0.4 is 15.8 Å². The van der Waals surface area contributed by atoms with Gasteiger partial charge in [-0.25, -0.2) is 0 Å². The van der Waals surface area contributed by atoms with E-state index >= 15 is 0 Å². The summed E-state index contributed by atoms with van der Waals surface area (Å²) < 4.78 is 6.69. The zero-order valence-electron chi connectivity index (χ0n) is 10.9. The van der Waals surface area contributed by atoms with Gasteiger partial charge in [0.1, 0.15) is 5.75 Å². The van der Waals surface area contributed by atoms with Gasteiger partial charge in [-0.05, 0) is 50.1 Å². The Hall–Kier alpha value is -1.24. The van der Waals surface area contributed by atoms with Gasteiger partial charge in [-0.15, -0.1) is 0 Å². The summed E-state index contributed by atoms with van der Waals surface area (Å²) in [6.45, 7) is 0. The summed E-state index contributed by atoms with van der Waals surface area (Å²) in [5.74, 6) is 0.257. The molecule has 0 saturated heterocycles. The van der Waals surface area contributed by atoms with Crippen molar-refractivity contribution in [3.63, 3.8) is 0 Å². The van der Waals surface area contributed by atoms with Gasteiger partial charge in [0.15, 0.2) is 0 Å². The number of amides is 1. The number of nitrogens with two attached hydrogens (primary N) is 1. The van der Waals surface area contributed by atoms with Gasteiger partial charge >= 0.3 is 0 Å². The average molecular weight is 435 g/mol. The first-order valence-corrected chi connectivity index (χ1v) is 7.78. The molecule has 3 N–H and O–H groups in total. The Labute approximate surface area is 143 Å². The van der Waals surface area contributed by atoms with Gasteiger partial charge in [-0.1, -0.05) is 17.7 Å². The number of nitrogen functional groups attached to an aromatic ring is 1. The number of rotatable bonds is 3. The molecule has 0 aliphatic rings. The number of hydrogen-bond acceptors (Lipinski definition) is 3. The molecule has 0 bridgehead atoms. The van der Waals surface area contributed by atoms with E-state index in [2.05, 4.69) is 37.2 Å². The lowest BCUT2D eigenvalue weighted by atomic mass is 10.1. The molecule has 1 amide bonds. The lowest BCUT2D eigenvalue weighted by Crippen LogP contribution is -2.14. The molecule has 0 fully saturated rings. The van der Waals surface area contributed by atoms with E-state index in [0.717, 1.165) is 4.47 Å². The molecular weight excluding hydrogens is 423 g/mol. The molecule has 0 atom stereocenters. The van der Waals surface area contributed by atoms with Crippen molar-refractivity contribution in [3.8, 4) is 5.75 Å². The number of halogens is 3. The molecule has 2 aromatic rings. The molecule has 4 nitrogen and oxygen atoms in total. The first-order valence-electron chi connectivity index (χ1n) is 5.82. The molecule has 0 saturated carbocycles. The minimum absolute atomic E-state index is 0.247. The number of ether oxygens (including phenoxy) is 1. The van der Waals surface area contributed by atoms with E-state index in [1.807, 2.05) is 0 Å². The van der Waals surface area contributed by atoms with E-state index in [0.29, 0.717) is 26.5 Å². The van der Waals surface area contributed by atoms with E-state index in [1.54, 1.807) is 37.4 Å². The number of hydrogen-bond donors (Lipinski definition) is 2. The first-order chi connectivity index (χ1) is 9.93. The van der Waals surface area contributed by atoms with E-state index < -0.39 is 0 Å². The van der Waals surface area contributed by atoms with Gasteiger partial charge in [-0.2, -0.15) is 0 Å². The highest BCUT2D eigenvalue weighted by Gasteiger charge is 2.15. The molecule has 0 unspecified atom stereocenters. The van der Waals surface area contributed by atoms with Gasteiger partial charge in [0.05, 0.1) is 33.5 Å². The number of para-hydroxylation sites is 1. The van der Waals surface area contributed by atoms with Crippen LogP contribution in [0.15, 0.2) is 39.3 Å². The normalized spacial score (nSPS) is 10.3. The molecule has 2 aromatic carbocycles. The van der Waals surface area contributed by atoms with Gasteiger partial charge < -0.3 is 15.8 Å². The molecule has 0 aliphatic carbocycles. The first kappa shape index (κ1) is 16.1. The fourth-order valence-electron chi connectivity index (χ4n) is 1.71. The van der Waals surface area contributed by atoms with Gasteiger partial charge in [0, 0.05) is 10.5 Å². The van der Waals surface area contributed by atoms with E-state index in [4.69, 9.17) is 22.1 Å². The maximum Gasteiger partial charge on any atom is 0.257 e. The number of benzene rings is 2. The maximum absolute atomic E-state index is 12.3. The van der Waals surface area contributed by atoms with Crippen LogP contribution in [-0.2, 0) is 0 Å². The second-order valence-corrected chi connectivity index (χ2v) is 6.24. The number of carbonyl (C=O) groups excluding carboxylic acids is 1. The largest absolute Gasteiger partial charge is 0.495 e. The predicted molar refractivity (Wildman–Crippen MR) is 92.2 cm³/mol. The van der Waals surface area contributed by atoms with Crippen molar-refractivity contribution in [2.24, 2.45) is 0 Å². The van der Waals surface area contributed by atoms with Crippen LogP contribution in [-0.4, -0.2) is 13.0 Å². The zero-order chi connectivity index (χ0) is 15.6. The third-order valence-corrected chi connectivity index (χ3v) is 4.39. The minimum Gasteiger partial charge on any atom is -0.495 e. The Bertz CT molecular complexity index is 708. The van der Waals surface area contributed by atoms with E-state index in [1.165, 1.54) is 0 Å². The van der Waals surface area contributed by atoms with Crippen molar-refractivity contribution in [2.75, 3.05) is 18.2 Å². The van der Waals surface area contributed by atoms with Crippen LogP contribution in [0.5, 0.6) is 5.75 Å². The number of nitrogens with one attached hydrogen (secondary N) is 1. The molecule has 0 heterocycles. The molecule has 0 aliphatic heterocycles. The van der Waals surface area contributed by atoms with Crippen molar-refractivity contribution in [1.29, 1.82) is 0 Å². The SMILES string of the molecule is COc1cc(NC(=O)c2cccc(Cl)c2N)c(Br)cc1Br. The maximum atomic E-state index is 12.3. The number of anilines is 2. The molecule has 110 valence electrons. The fourth-order valence-corrected chi connectivity index (χ4v) is 3.14. The predicted octanol–water partition coefficient (Wildman–Crippen LogP) is 4.71. The monoisotopic (exact) mass is 432 g/mol. The topological polar surface area (TPSA) is 64.3 Å². The van der Waals surface area contributed by atoms with Crippen LogP contribution in [0, 0.1) is 0 Å². The molecule has 21 heavy (non-hydrogen) atoms. The van der Waals surface area contributed by atoms with Crippen molar-refractivity contribution >= 4 is 60.7 Å². The Balaban J connectivity index is 2.34. The van der Waals surface area contributed by atoms with Gasteiger partial charge in [-0.3, -0.25) is 4.79 Å². The standard InChI is InChI=1S/C14H11Br2ClN2O2/c1-21-12-6-11(8(15)5-9(12)16)19-14(20)7-3-2-4-10(17)13(7)18/h2-6H,18H2,1H3,(H,19,20). The smallest absolute Gasteiger partial charge is 0.257 e. The zero-order valence-corrected chi connectivity index (χ0v) is 14.8. The molecule has 0 aromatic heterocycles. The lowest BCUT2D eigenvalue weighted by Gasteiger charge is -2.12. The summed E-state index contributed by atoms with van der Waals surface area (Å²) in [6.07, 6.45) is 0. The lowest BCUT2D eigenvalue weighted by molar-refractivity contribution is 0.102. The molecule has 0 radical (unpaired) electrons. The summed E-state index contributed by atoms with van der Waals surface area (Å²) in [5, 5.41) is 3.11. The summed E-state index contributed by atoms with van der Waals surface area (Å²) in [4.78, 5) is 12.3. The third-order valence-electron chi connectivity index (χ3n) is 2.79. The van der Waals surface area contributed by atoms with Crippen molar-refractivity contribution < 1.29 is 9.53 Å². The summed E-state index contributed by atoms with van der Waals surface area (Å²) in [5.41, 5.74) is 6.95. The Morgan fingerprint density at radius 1 is 1.29 bits per heavy atom.